The van der Waals surface area contributed by atoms with E-state index in [0.717, 1.165) is 26.2 Å². The van der Waals surface area contributed by atoms with Crippen LogP contribution >= 0.6 is 0 Å². The predicted octanol–water partition coefficient (Wildman–Crippen LogP) is 3.53. The first-order valence-corrected chi connectivity index (χ1v) is 8.63. The summed E-state index contributed by atoms with van der Waals surface area (Å²) in [6, 6.07) is 17.6. The van der Waals surface area contributed by atoms with Crippen molar-refractivity contribution < 1.29 is 9.53 Å². The molecule has 4 heteroatoms. The van der Waals surface area contributed by atoms with Crippen molar-refractivity contribution in [2.75, 3.05) is 32.8 Å². The lowest BCUT2D eigenvalue weighted by Gasteiger charge is -2.38. The molecule has 0 unspecified atom stereocenters. The Hall–Kier alpha value is -2.33. The molecule has 2 aliphatic rings. The van der Waals surface area contributed by atoms with Crippen molar-refractivity contribution in [2.24, 2.45) is 0 Å². The van der Waals surface area contributed by atoms with Crippen molar-refractivity contribution in [1.29, 1.82) is 0 Å². The largest absolute Gasteiger partial charge is 0.450 e. The Morgan fingerprint density at radius 1 is 0.958 bits per heavy atom. The van der Waals surface area contributed by atoms with E-state index >= 15 is 0 Å². The number of benzene rings is 2. The highest BCUT2D eigenvalue weighted by Crippen LogP contribution is 2.46. The van der Waals surface area contributed by atoms with E-state index in [1.165, 1.54) is 22.3 Å². The van der Waals surface area contributed by atoms with Crippen molar-refractivity contribution in [1.82, 2.24) is 9.80 Å². The quantitative estimate of drug-likeness (QED) is 0.848. The van der Waals surface area contributed by atoms with Crippen LogP contribution in [0.2, 0.25) is 0 Å². The second kappa shape index (κ2) is 6.29. The third-order valence-corrected chi connectivity index (χ3v) is 5.01. The summed E-state index contributed by atoms with van der Waals surface area (Å²) in [7, 11) is 0. The summed E-state index contributed by atoms with van der Waals surface area (Å²) in [4.78, 5) is 16.2. The van der Waals surface area contributed by atoms with Crippen LogP contribution in [0.5, 0.6) is 0 Å². The molecule has 4 nitrogen and oxygen atoms in total. The molecule has 0 N–H and O–H groups in total. The van der Waals surface area contributed by atoms with Gasteiger partial charge in [-0.3, -0.25) is 4.90 Å². The smallest absolute Gasteiger partial charge is 0.409 e. The Balaban J connectivity index is 1.58. The molecule has 2 aromatic rings. The summed E-state index contributed by atoms with van der Waals surface area (Å²) in [5, 5.41) is 0. The second-order valence-electron chi connectivity index (χ2n) is 6.30. The normalized spacial score (nSPS) is 17.5. The summed E-state index contributed by atoms with van der Waals surface area (Å²) in [6.07, 6.45) is -0.190. The molecule has 2 aromatic carbocycles. The van der Waals surface area contributed by atoms with Gasteiger partial charge in [0.25, 0.3) is 0 Å². The number of ether oxygens (including phenoxy) is 1. The Morgan fingerprint density at radius 3 is 2.04 bits per heavy atom. The van der Waals surface area contributed by atoms with Crippen LogP contribution in [0.3, 0.4) is 0 Å². The predicted molar refractivity (Wildman–Crippen MR) is 93.9 cm³/mol. The number of amides is 1. The highest BCUT2D eigenvalue weighted by atomic mass is 16.6. The molecule has 1 aliphatic heterocycles. The van der Waals surface area contributed by atoms with E-state index in [2.05, 4.69) is 53.4 Å². The summed E-state index contributed by atoms with van der Waals surface area (Å²) in [6.45, 7) is 5.46. The number of piperazine rings is 1. The van der Waals surface area contributed by atoms with Crippen molar-refractivity contribution in [3.63, 3.8) is 0 Å². The highest BCUT2D eigenvalue weighted by Gasteiger charge is 2.34. The van der Waals surface area contributed by atoms with E-state index < -0.39 is 0 Å². The summed E-state index contributed by atoms with van der Waals surface area (Å²) in [5.41, 5.74) is 5.43. The molecule has 0 saturated carbocycles. The van der Waals surface area contributed by atoms with Crippen LogP contribution in [-0.2, 0) is 4.74 Å². The zero-order chi connectivity index (χ0) is 16.5. The first-order valence-electron chi connectivity index (χ1n) is 8.63. The third kappa shape index (κ3) is 2.47. The molecule has 24 heavy (non-hydrogen) atoms. The molecule has 0 radical (unpaired) electrons. The number of hydrogen-bond acceptors (Lipinski definition) is 3. The molecule has 1 fully saturated rings. The summed E-state index contributed by atoms with van der Waals surface area (Å²) >= 11 is 0. The highest BCUT2D eigenvalue weighted by molar-refractivity contribution is 5.78. The van der Waals surface area contributed by atoms with Crippen LogP contribution in [-0.4, -0.2) is 48.7 Å². The lowest BCUT2D eigenvalue weighted by atomic mass is 10.0. The van der Waals surface area contributed by atoms with Crippen LogP contribution in [0.15, 0.2) is 48.5 Å². The molecule has 4 rings (SSSR count). The van der Waals surface area contributed by atoms with Crippen molar-refractivity contribution >= 4 is 6.09 Å². The van der Waals surface area contributed by atoms with Crippen molar-refractivity contribution in [3.05, 3.63) is 59.7 Å². The molecule has 1 amide bonds. The van der Waals surface area contributed by atoms with Gasteiger partial charge in [0.05, 0.1) is 12.6 Å². The molecular formula is C20H22N2O2. The Kier molecular flexibility index (Phi) is 3.98. The lowest BCUT2D eigenvalue weighted by Crippen LogP contribution is -2.49. The Labute approximate surface area is 142 Å². The fourth-order valence-electron chi connectivity index (χ4n) is 3.90. The lowest BCUT2D eigenvalue weighted by molar-refractivity contribution is 0.0720. The molecule has 0 bridgehead atoms. The first-order chi connectivity index (χ1) is 11.8. The van der Waals surface area contributed by atoms with Gasteiger partial charge in [-0.1, -0.05) is 48.5 Å². The zero-order valence-corrected chi connectivity index (χ0v) is 13.9. The van der Waals surface area contributed by atoms with Crippen LogP contribution in [0.25, 0.3) is 11.1 Å². The van der Waals surface area contributed by atoms with Gasteiger partial charge in [-0.05, 0) is 29.2 Å². The van der Waals surface area contributed by atoms with Crippen LogP contribution < -0.4 is 0 Å². The average molecular weight is 322 g/mol. The maximum absolute atomic E-state index is 11.9. The van der Waals surface area contributed by atoms with Gasteiger partial charge < -0.3 is 9.64 Å². The van der Waals surface area contributed by atoms with Gasteiger partial charge in [0, 0.05) is 26.2 Å². The monoisotopic (exact) mass is 322 g/mol. The van der Waals surface area contributed by atoms with Gasteiger partial charge in [0.1, 0.15) is 0 Å². The Bertz CT molecular complexity index is 705. The number of carbonyl (C=O) groups is 1. The second-order valence-corrected chi connectivity index (χ2v) is 6.30. The minimum atomic E-state index is -0.190. The van der Waals surface area contributed by atoms with Gasteiger partial charge in [0.15, 0.2) is 0 Å². The van der Waals surface area contributed by atoms with E-state index in [0.29, 0.717) is 12.6 Å². The summed E-state index contributed by atoms with van der Waals surface area (Å²) in [5.74, 6) is 0. The molecule has 0 aromatic heterocycles. The van der Waals surface area contributed by atoms with Crippen molar-refractivity contribution in [2.45, 2.75) is 13.0 Å². The molecule has 124 valence electrons. The number of rotatable bonds is 2. The molecule has 1 heterocycles. The van der Waals surface area contributed by atoms with Gasteiger partial charge >= 0.3 is 6.09 Å². The van der Waals surface area contributed by atoms with Gasteiger partial charge in [0.2, 0.25) is 0 Å². The SMILES string of the molecule is CCOC(=O)N1CCN(C2c3ccccc3-c3ccccc32)CC1. The van der Waals surface area contributed by atoms with E-state index in [1.54, 1.807) is 0 Å². The van der Waals surface area contributed by atoms with Crippen LogP contribution in [0.4, 0.5) is 4.79 Å². The number of fused-ring (bicyclic) bond motifs is 3. The van der Waals surface area contributed by atoms with Gasteiger partial charge in [-0.25, -0.2) is 4.79 Å². The standard InChI is InChI=1S/C20H22N2O2/c1-2-24-20(23)22-13-11-21(12-14-22)19-17-9-5-3-7-15(17)16-8-4-6-10-18(16)19/h3-10,19H,2,11-14H2,1H3. The van der Waals surface area contributed by atoms with Crippen molar-refractivity contribution in [3.8, 4) is 11.1 Å². The van der Waals surface area contributed by atoms with E-state index in [4.69, 9.17) is 4.74 Å². The minimum absolute atomic E-state index is 0.190. The number of carbonyl (C=O) groups excluding carboxylic acids is 1. The molecule has 1 aliphatic carbocycles. The zero-order valence-electron chi connectivity index (χ0n) is 13.9. The van der Waals surface area contributed by atoms with E-state index in [-0.39, 0.29) is 6.09 Å². The topological polar surface area (TPSA) is 32.8 Å². The number of hydrogen-bond donors (Lipinski definition) is 0. The summed E-state index contributed by atoms with van der Waals surface area (Å²) < 4.78 is 5.12. The maximum atomic E-state index is 11.9. The van der Waals surface area contributed by atoms with Gasteiger partial charge in [-0.15, -0.1) is 0 Å². The third-order valence-electron chi connectivity index (χ3n) is 5.01. The molecule has 0 atom stereocenters. The fraction of sp³-hybridized carbons (Fsp3) is 0.350. The average Bonchev–Trinajstić information content (AvgIpc) is 2.97. The Morgan fingerprint density at radius 2 is 1.50 bits per heavy atom. The molecule has 1 saturated heterocycles. The molecule has 0 spiro atoms. The van der Waals surface area contributed by atoms with E-state index in [9.17, 15) is 4.79 Å². The maximum Gasteiger partial charge on any atom is 0.409 e. The van der Waals surface area contributed by atoms with E-state index in [1.807, 2.05) is 11.8 Å². The fourth-order valence-corrected chi connectivity index (χ4v) is 3.90. The minimum Gasteiger partial charge on any atom is -0.450 e. The number of nitrogens with zero attached hydrogens (tertiary/aromatic N) is 2. The molecular weight excluding hydrogens is 300 g/mol. The van der Waals surface area contributed by atoms with Gasteiger partial charge in [-0.2, -0.15) is 0 Å². The van der Waals surface area contributed by atoms with Crippen LogP contribution in [0, 0.1) is 0 Å². The van der Waals surface area contributed by atoms with Crippen LogP contribution in [0.1, 0.15) is 24.1 Å². The first kappa shape index (κ1) is 15.2.